The molecule has 1 unspecified atom stereocenters. The lowest BCUT2D eigenvalue weighted by Crippen LogP contribution is -2.57. The number of H-pyrrole nitrogens is 1. The fourth-order valence-electron chi connectivity index (χ4n) is 2.45. The van der Waals surface area contributed by atoms with Gasteiger partial charge < -0.3 is 25.0 Å². The van der Waals surface area contributed by atoms with Crippen molar-refractivity contribution in [3.05, 3.63) is 24.0 Å². The van der Waals surface area contributed by atoms with Crippen molar-refractivity contribution in [2.75, 3.05) is 13.1 Å². The van der Waals surface area contributed by atoms with Gasteiger partial charge in [-0.3, -0.25) is 4.79 Å². The minimum Gasteiger partial charge on any atom is -0.479 e. The van der Waals surface area contributed by atoms with E-state index in [4.69, 9.17) is 4.74 Å². The van der Waals surface area contributed by atoms with Gasteiger partial charge in [-0.05, 0) is 32.9 Å². The van der Waals surface area contributed by atoms with Crippen molar-refractivity contribution in [1.82, 2.24) is 15.2 Å². The zero-order valence-electron chi connectivity index (χ0n) is 13.4. The predicted molar refractivity (Wildman–Crippen MR) is 81.0 cm³/mol. The summed E-state index contributed by atoms with van der Waals surface area (Å²) >= 11 is 0. The van der Waals surface area contributed by atoms with Crippen molar-refractivity contribution >= 4 is 18.0 Å². The number of carboxylic acids is 1. The monoisotopic (exact) mass is 323 g/mol. The molecule has 1 atom stereocenters. The van der Waals surface area contributed by atoms with Crippen molar-refractivity contribution in [3.63, 3.8) is 0 Å². The highest BCUT2D eigenvalue weighted by Gasteiger charge is 2.48. The Hall–Kier alpha value is -2.51. The number of carbonyl (C=O) groups excluding carboxylic acids is 2. The highest BCUT2D eigenvalue weighted by molar-refractivity contribution is 5.94. The number of nitrogens with zero attached hydrogens (tertiary/aromatic N) is 1. The molecule has 8 heteroatoms. The number of alkyl carbamates (subject to hydrolysis) is 1. The summed E-state index contributed by atoms with van der Waals surface area (Å²) in [6.45, 7) is 5.20. The Morgan fingerprint density at radius 1 is 1.39 bits per heavy atom. The van der Waals surface area contributed by atoms with Crippen LogP contribution < -0.4 is 5.32 Å². The number of nitrogens with one attached hydrogen (secondary N) is 2. The minimum absolute atomic E-state index is 0.112. The molecule has 23 heavy (non-hydrogen) atoms. The maximum absolute atomic E-state index is 12.3. The number of amides is 2. The first kappa shape index (κ1) is 16.9. The number of hydrogen-bond acceptors (Lipinski definition) is 4. The second kappa shape index (κ2) is 5.94. The van der Waals surface area contributed by atoms with Gasteiger partial charge in [0.25, 0.3) is 5.91 Å². The molecule has 1 saturated heterocycles. The van der Waals surface area contributed by atoms with E-state index >= 15 is 0 Å². The number of rotatable bonds is 3. The number of likely N-dealkylation sites (tertiary alicyclic amines) is 1. The first-order valence-corrected chi connectivity index (χ1v) is 7.30. The fourth-order valence-corrected chi connectivity index (χ4v) is 2.45. The second-order valence-corrected chi connectivity index (χ2v) is 6.57. The summed E-state index contributed by atoms with van der Waals surface area (Å²) in [7, 11) is 0. The number of hydrogen-bond donors (Lipinski definition) is 3. The maximum Gasteiger partial charge on any atom is 0.408 e. The molecule has 8 nitrogen and oxygen atoms in total. The van der Waals surface area contributed by atoms with Crippen LogP contribution in [0.25, 0.3) is 0 Å². The van der Waals surface area contributed by atoms with Crippen molar-refractivity contribution in [3.8, 4) is 0 Å². The molecule has 1 aliphatic heterocycles. The van der Waals surface area contributed by atoms with Gasteiger partial charge in [0.05, 0.1) is 6.54 Å². The number of carbonyl (C=O) groups is 3. The topological polar surface area (TPSA) is 112 Å². The second-order valence-electron chi connectivity index (χ2n) is 6.57. The van der Waals surface area contributed by atoms with Crippen molar-refractivity contribution in [2.24, 2.45) is 0 Å². The summed E-state index contributed by atoms with van der Waals surface area (Å²) in [6.07, 6.45) is 0.926. The Kier molecular flexibility index (Phi) is 4.35. The van der Waals surface area contributed by atoms with Gasteiger partial charge in [-0.1, -0.05) is 0 Å². The SMILES string of the molecule is CC(C)(C)OC(=O)NC1(C(=O)O)CCN(C(=O)c2ccc[nH]2)C1. The van der Waals surface area contributed by atoms with E-state index in [0.29, 0.717) is 5.69 Å². The Morgan fingerprint density at radius 3 is 2.61 bits per heavy atom. The Balaban J connectivity index is 2.10. The molecule has 3 N–H and O–H groups in total. The van der Waals surface area contributed by atoms with Crippen LogP contribution in [0.4, 0.5) is 4.79 Å². The van der Waals surface area contributed by atoms with Crippen LogP contribution >= 0.6 is 0 Å². The van der Waals surface area contributed by atoms with E-state index in [1.165, 1.54) is 4.90 Å². The van der Waals surface area contributed by atoms with Crippen LogP contribution in [0.5, 0.6) is 0 Å². The number of aromatic amines is 1. The molecule has 1 aromatic heterocycles. The summed E-state index contributed by atoms with van der Waals surface area (Å²) < 4.78 is 5.12. The Bertz CT molecular complexity index is 605. The number of ether oxygens (including phenoxy) is 1. The molecule has 0 radical (unpaired) electrons. The van der Waals surface area contributed by atoms with Gasteiger partial charge in [-0.25, -0.2) is 9.59 Å². The van der Waals surface area contributed by atoms with E-state index in [2.05, 4.69) is 10.3 Å². The Morgan fingerprint density at radius 2 is 2.09 bits per heavy atom. The van der Waals surface area contributed by atoms with Crippen LogP contribution in [0.2, 0.25) is 0 Å². The van der Waals surface area contributed by atoms with E-state index in [1.807, 2.05) is 0 Å². The van der Waals surface area contributed by atoms with Gasteiger partial charge in [0, 0.05) is 19.2 Å². The normalized spacial score (nSPS) is 21.1. The van der Waals surface area contributed by atoms with Crippen molar-refractivity contribution in [2.45, 2.75) is 38.3 Å². The molecule has 0 spiro atoms. The smallest absolute Gasteiger partial charge is 0.408 e. The average Bonchev–Trinajstić information content (AvgIpc) is 3.05. The molecule has 1 aromatic rings. The van der Waals surface area contributed by atoms with E-state index in [-0.39, 0.29) is 25.4 Å². The standard InChI is InChI=1S/C15H21N3O5/c1-14(2,3)23-13(22)17-15(12(20)21)6-8-18(9-15)11(19)10-5-4-7-16-10/h4-5,7,16H,6,8-9H2,1-3H3,(H,17,22)(H,20,21). The van der Waals surface area contributed by atoms with Crippen LogP contribution in [0.3, 0.4) is 0 Å². The predicted octanol–water partition coefficient (Wildman–Crippen LogP) is 1.21. The molecular formula is C15H21N3O5. The molecule has 2 rings (SSSR count). The third-order valence-corrected chi connectivity index (χ3v) is 3.53. The summed E-state index contributed by atoms with van der Waals surface area (Å²) in [5.41, 5.74) is -1.89. The lowest BCUT2D eigenvalue weighted by molar-refractivity contribution is -0.144. The fraction of sp³-hybridized carbons (Fsp3) is 0.533. The minimum atomic E-state index is -1.54. The maximum atomic E-state index is 12.3. The quantitative estimate of drug-likeness (QED) is 0.774. The summed E-state index contributed by atoms with van der Waals surface area (Å²) in [4.78, 5) is 40.1. The average molecular weight is 323 g/mol. The largest absolute Gasteiger partial charge is 0.479 e. The van der Waals surface area contributed by atoms with Gasteiger partial charge in [-0.2, -0.15) is 0 Å². The van der Waals surface area contributed by atoms with Crippen molar-refractivity contribution in [1.29, 1.82) is 0 Å². The highest BCUT2D eigenvalue weighted by atomic mass is 16.6. The third-order valence-electron chi connectivity index (χ3n) is 3.53. The van der Waals surface area contributed by atoms with Gasteiger partial charge >= 0.3 is 12.1 Å². The lowest BCUT2D eigenvalue weighted by atomic mass is 9.99. The molecule has 0 aliphatic carbocycles. The summed E-state index contributed by atoms with van der Waals surface area (Å²) in [5.74, 6) is -1.49. The lowest BCUT2D eigenvalue weighted by Gasteiger charge is -2.28. The molecule has 0 aromatic carbocycles. The summed E-state index contributed by atoms with van der Waals surface area (Å²) in [5, 5.41) is 11.9. The van der Waals surface area contributed by atoms with Crippen LogP contribution in [0, 0.1) is 0 Å². The van der Waals surface area contributed by atoms with Crippen LogP contribution in [-0.4, -0.2) is 57.2 Å². The number of aromatic nitrogens is 1. The zero-order chi connectivity index (χ0) is 17.3. The van der Waals surface area contributed by atoms with Crippen molar-refractivity contribution < 1.29 is 24.2 Å². The van der Waals surface area contributed by atoms with E-state index < -0.39 is 23.2 Å². The van der Waals surface area contributed by atoms with Crippen LogP contribution in [-0.2, 0) is 9.53 Å². The van der Waals surface area contributed by atoms with Gasteiger partial charge in [0.1, 0.15) is 11.3 Å². The summed E-state index contributed by atoms with van der Waals surface area (Å²) in [6, 6.07) is 3.30. The molecule has 0 saturated carbocycles. The Labute approximate surface area is 133 Å². The zero-order valence-corrected chi connectivity index (χ0v) is 13.4. The van der Waals surface area contributed by atoms with E-state index in [1.54, 1.807) is 39.1 Å². The van der Waals surface area contributed by atoms with Crippen LogP contribution in [0.1, 0.15) is 37.7 Å². The molecule has 126 valence electrons. The molecule has 2 amide bonds. The van der Waals surface area contributed by atoms with E-state index in [9.17, 15) is 19.5 Å². The molecular weight excluding hydrogens is 302 g/mol. The molecule has 1 fully saturated rings. The molecule has 2 heterocycles. The van der Waals surface area contributed by atoms with Crippen LogP contribution in [0.15, 0.2) is 18.3 Å². The molecule has 1 aliphatic rings. The number of aliphatic carboxylic acids is 1. The van der Waals surface area contributed by atoms with Gasteiger partial charge in [0.2, 0.25) is 0 Å². The highest BCUT2D eigenvalue weighted by Crippen LogP contribution is 2.24. The third kappa shape index (κ3) is 3.82. The first-order chi connectivity index (χ1) is 10.6. The first-order valence-electron chi connectivity index (χ1n) is 7.30. The number of carboxylic acid groups (broad SMARTS) is 1. The molecule has 0 bridgehead atoms. The van der Waals surface area contributed by atoms with Gasteiger partial charge in [-0.15, -0.1) is 0 Å². The van der Waals surface area contributed by atoms with Gasteiger partial charge in [0.15, 0.2) is 5.54 Å². The van der Waals surface area contributed by atoms with E-state index in [0.717, 1.165) is 0 Å².